The Labute approximate surface area is 126 Å². The third-order valence-electron chi connectivity index (χ3n) is 4.04. The van der Waals surface area contributed by atoms with Gasteiger partial charge in [-0.25, -0.2) is 0 Å². The van der Waals surface area contributed by atoms with Crippen LogP contribution in [0.15, 0.2) is 18.2 Å². The molecule has 2 rings (SSSR count). The number of benzene rings is 1. The largest absolute Gasteiger partial charge is 0.493 e. The molecule has 0 spiro atoms. The lowest BCUT2D eigenvalue weighted by Crippen LogP contribution is -2.36. The monoisotopic (exact) mass is 292 g/mol. The molecule has 1 saturated heterocycles. The molecule has 5 heteroatoms. The molecule has 1 aromatic rings. The van der Waals surface area contributed by atoms with Gasteiger partial charge in [-0.15, -0.1) is 0 Å². The van der Waals surface area contributed by atoms with E-state index < -0.39 is 0 Å². The highest BCUT2D eigenvalue weighted by Crippen LogP contribution is 2.27. The summed E-state index contributed by atoms with van der Waals surface area (Å²) in [4.78, 5) is 14.5. The van der Waals surface area contributed by atoms with Crippen molar-refractivity contribution >= 4 is 5.91 Å². The maximum Gasteiger partial charge on any atom is 0.251 e. The predicted octanol–water partition coefficient (Wildman–Crippen LogP) is 1.78. The third kappa shape index (κ3) is 4.11. The van der Waals surface area contributed by atoms with Gasteiger partial charge < -0.3 is 19.7 Å². The number of rotatable bonds is 5. The average molecular weight is 292 g/mol. The van der Waals surface area contributed by atoms with Crippen molar-refractivity contribution in [2.24, 2.45) is 5.92 Å². The molecule has 1 fully saturated rings. The van der Waals surface area contributed by atoms with Crippen LogP contribution in [0.5, 0.6) is 11.5 Å². The topological polar surface area (TPSA) is 50.8 Å². The Morgan fingerprint density at radius 3 is 2.52 bits per heavy atom. The summed E-state index contributed by atoms with van der Waals surface area (Å²) in [5.74, 6) is 1.72. The van der Waals surface area contributed by atoms with Crippen molar-refractivity contribution in [3.8, 4) is 11.5 Å². The molecule has 1 heterocycles. The lowest BCUT2D eigenvalue weighted by molar-refractivity contribution is 0.0938. The summed E-state index contributed by atoms with van der Waals surface area (Å²) in [7, 11) is 5.29. The Bertz CT molecular complexity index is 482. The number of methoxy groups -OCH3 is 2. The number of hydrogen-bond acceptors (Lipinski definition) is 4. The zero-order chi connectivity index (χ0) is 15.2. The van der Waals surface area contributed by atoms with Crippen molar-refractivity contribution in [2.75, 3.05) is 40.9 Å². The second-order valence-corrected chi connectivity index (χ2v) is 5.53. The molecule has 0 atom stereocenters. The molecular weight excluding hydrogens is 268 g/mol. The normalized spacial score (nSPS) is 16.5. The number of likely N-dealkylation sites (tertiary alicyclic amines) is 1. The number of carbonyl (C=O) groups is 1. The summed E-state index contributed by atoms with van der Waals surface area (Å²) in [6, 6.07) is 5.22. The first-order valence-corrected chi connectivity index (χ1v) is 7.32. The van der Waals surface area contributed by atoms with Gasteiger partial charge in [0, 0.05) is 12.1 Å². The number of nitrogens with zero attached hydrogens (tertiary/aromatic N) is 1. The highest BCUT2D eigenvalue weighted by atomic mass is 16.5. The van der Waals surface area contributed by atoms with Crippen LogP contribution in [0.25, 0.3) is 0 Å². The summed E-state index contributed by atoms with van der Waals surface area (Å²) in [6.45, 7) is 2.95. The van der Waals surface area contributed by atoms with Gasteiger partial charge in [-0.05, 0) is 57.1 Å². The van der Waals surface area contributed by atoms with Crippen LogP contribution in [0.1, 0.15) is 23.2 Å². The number of ether oxygens (including phenoxy) is 2. The smallest absolute Gasteiger partial charge is 0.251 e. The van der Waals surface area contributed by atoms with E-state index in [1.165, 1.54) is 0 Å². The molecule has 21 heavy (non-hydrogen) atoms. The van der Waals surface area contributed by atoms with Crippen molar-refractivity contribution in [3.05, 3.63) is 23.8 Å². The molecule has 116 valence electrons. The fourth-order valence-corrected chi connectivity index (χ4v) is 2.58. The summed E-state index contributed by atoms with van der Waals surface area (Å²) in [5, 5.41) is 3.02. The van der Waals surface area contributed by atoms with Crippen molar-refractivity contribution < 1.29 is 14.3 Å². The minimum Gasteiger partial charge on any atom is -0.493 e. The summed E-state index contributed by atoms with van der Waals surface area (Å²) < 4.78 is 10.4. The van der Waals surface area contributed by atoms with E-state index in [9.17, 15) is 4.79 Å². The van der Waals surface area contributed by atoms with E-state index in [-0.39, 0.29) is 5.91 Å². The van der Waals surface area contributed by atoms with Crippen molar-refractivity contribution in [2.45, 2.75) is 12.8 Å². The first-order chi connectivity index (χ1) is 10.1. The number of carbonyl (C=O) groups excluding carboxylic acids is 1. The van der Waals surface area contributed by atoms with Gasteiger partial charge in [0.15, 0.2) is 11.5 Å². The highest BCUT2D eigenvalue weighted by molar-refractivity contribution is 5.94. The molecular formula is C16H24N2O3. The van der Waals surface area contributed by atoms with Gasteiger partial charge in [0.2, 0.25) is 0 Å². The van der Waals surface area contributed by atoms with Gasteiger partial charge in [-0.1, -0.05) is 0 Å². The van der Waals surface area contributed by atoms with Gasteiger partial charge in [0.05, 0.1) is 14.2 Å². The standard InChI is InChI=1S/C16H24N2O3/c1-18-8-6-12(7-9-18)11-17-16(19)13-4-5-14(20-2)15(10-13)21-3/h4-5,10,12H,6-9,11H2,1-3H3,(H,17,19). The second-order valence-electron chi connectivity index (χ2n) is 5.53. The van der Waals surface area contributed by atoms with Crippen molar-refractivity contribution in [1.82, 2.24) is 10.2 Å². The zero-order valence-electron chi connectivity index (χ0n) is 13.0. The van der Waals surface area contributed by atoms with Gasteiger partial charge >= 0.3 is 0 Å². The van der Waals surface area contributed by atoms with Crippen LogP contribution in [0.2, 0.25) is 0 Å². The molecule has 0 bridgehead atoms. The van der Waals surface area contributed by atoms with E-state index in [0.717, 1.165) is 32.5 Å². The van der Waals surface area contributed by atoms with Gasteiger partial charge in [-0.2, -0.15) is 0 Å². The molecule has 0 unspecified atom stereocenters. The fourth-order valence-electron chi connectivity index (χ4n) is 2.58. The number of nitrogens with one attached hydrogen (secondary N) is 1. The van der Waals surface area contributed by atoms with Crippen LogP contribution < -0.4 is 14.8 Å². The molecule has 0 saturated carbocycles. The third-order valence-corrected chi connectivity index (χ3v) is 4.04. The summed E-state index contributed by atoms with van der Waals surface area (Å²) in [6.07, 6.45) is 2.28. The minimum absolute atomic E-state index is 0.0603. The molecule has 1 aliphatic heterocycles. The minimum atomic E-state index is -0.0603. The Morgan fingerprint density at radius 2 is 1.90 bits per heavy atom. The van der Waals surface area contributed by atoms with E-state index >= 15 is 0 Å². The first-order valence-electron chi connectivity index (χ1n) is 7.32. The van der Waals surface area contributed by atoms with Gasteiger partial charge in [0.1, 0.15) is 0 Å². The maximum absolute atomic E-state index is 12.2. The molecule has 0 radical (unpaired) electrons. The van der Waals surface area contributed by atoms with Crippen LogP contribution in [0, 0.1) is 5.92 Å². The van der Waals surface area contributed by atoms with E-state index in [4.69, 9.17) is 9.47 Å². The average Bonchev–Trinajstić information content (AvgIpc) is 2.53. The number of hydrogen-bond donors (Lipinski definition) is 1. The van der Waals surface area contributed by atoms with E-state index in [2.05, 4.69) is 17.3 Å². The van der Waals surface area contributed by atoms with E-state index in [1.807, 2.05) is 0 Å². The van der Waals surface area contributed by atoms with Crippen molar-refractivity contribution in [1.29, 1.82) is 0 Å². The molecule has 1 aliphatic rings. The number of piperidine rings is 1. The van der Waals surface area contributed by atoms with E-state index in [1.54, 1.807) is 32.4 Å². The molecule has 1 aromatic carbocycles. The van der Waals surface area contributed by atoms with Crippen LogP contribution in [0.4, 0.5) is 0 Å². The maximum atomic E-state index is 12.2. The fraction of sp³-hybridized carbons (Fsp3) is 0.562. The SMILES string of the molecule is COc1ccc(C(=O)NCC2CCN(C)CC2)cc1OC. The Hall–Kier alpha value is -1.75. The van der Waals surface area contributed by atoms with Crippen LogP contribution in [-0.4, -0.2) is 51.7 Å². The second kappa shape index (κ2) is 7.31. The Kier molecular flexibility index (Phi) is 5.44. The molecule has 0 aromatic heterocycles. The lowest BCUT2D eigenvalue weighted by Gasteiger charge is -2.28. The molecule has 1 N–H and O–H groups in total. The Balaban J connectivity index is 1.91. The summed E-state index contributed by atoms with van der Waals surface area (Å²) >= 11 is 0. The molecule has 1 amide bonds. The van der Waals surface area contributed by atoms with Crippen LogP contribution in [-0.2, 0) is 0 Å². The van der Waals surface area contributed by atoms with E-state index in [0.29, 0.717) is 23.0 Å². The summed E-state index contributed by atoms with van der Waals surface area (Å²) in [5.41, 5.74) is 0.598. The van der Waals surface area contributed by atoms with Crippen LogP contribution in [0.3, 0.4) is 0 Å². The Morgan fingerprint density at radius 1 is 1.24 bits per heavy atom. The first kappa shape index (κ1) is 15.6. The zero-order valence-corrected chi connectivity index (χ0v) is 13.0. The quantitative estimate of drug-likeness (QED) is 0.899. The molecule has 0 aliphatic carbocycles. The highest BCUT2D eigenvalue weighted by Gasteiger charge is 2.18. The number of amides is 1. The molecule has 5 nitrogen and oxygen atoms in total. The van der Waals surface area contributed by atoms with Crippen molar-refractivity contribution in [3.63, 3.8) is 0 Å². The van der Waals surface area contributed by atoms with Gasteiger partial charge in [-0.3, -0.25) is 4.79 Å². The van der Waals surface area contributed by atoms with Crippen LogP contribution >= 0.6 is 0 Å². The van der Waals surface area contributed by atoms with Gasteiger partial charge in [0.25, 0.3) is 5.91 Å². The lowest BCUT2D eigenvalue weighted by atomic mass is 9.97. The predicted molar refractivity (Wildman–Crippen MR) is 82.1 cm³/mol.